The lowest BCUT2D eigenvalue weighted by molar-refractivity contribution is 0.0985. The zero-order valence-corrected chi connectivity index (χ0v) is 14.2. The first-order chi connectivity index (χ1) is 13.5. The first kappa shape index (κ1) is 17.1. The maximum atomic E-state index is 12.4. The van der Waals surface area contributed by atoms with Crippen LogP contribution in [0.15, 0.2) is 63.8 Å². The molecule has 0 saturated carbocycles. The number of nitrogens with two attached hydrogens (primary N) is 1. The van der Waals surface area contributed by atoms with Crippen LogP contribution in [-0.2, 0) is 0 Å². The topological polar surface area (TPSA) is 146 Å². The molecule has 3 N–H and O–H groups in total. The van der Waals surface area contributed by atoms with Gasteiger partial charge >= 0.3 is 0 Å². The van der Waals surface area contributed by atoms with Gasteiger partial charge in [0.25, 0.3) is 17.6 Å². The number of rotatable bonds is 4. The Morgan fingerprint density at radius 1 is 1.07 bits per heavy atom. The standard InChI is InChI=1S/C18H12N6O4/c19-16(26)17-21-23-24(22-17)11-7-5-10(6-8-11)20-18(27)15-9-13(25)12-3-1-2-4-14(12)28-15/h1-9H,(H2,19,26)(H,20,27). The SMILES string of the molecule is NC(=O)c1nnn(-c2ccc(NC(=O)c3cc(=O)c4ccccc4o3)cc2)n1. The number of carbonyl (C=O) groups excluding carboxylic acids is 2. The van der Waals surface area contributed by atoms with Crippen molar-refractivity contribution in [3.05, 3.63) is 76.4 Å². The normalized spacial score (nSPS) is 10.7. The minimum Gasteiger partial charge on any atom is -0.451 e. The molecule has 2 aromatic heterocycles. The molecule has 2 heterocycles. The highest BCUT2D eigenvalue weighted by Gasteiger charge is 2.13. The van der Waals surface area contributed by atoms with Gasteiger partial charge in [0.2, 0.25) is 0 Å². The fraction of sp³-hybridized carbons (Fsp3) is 0. The van der Waals surface area contributed by atoms with Gasteiger partial charge in [0.1, 0.15) is 5.58 Å². The van der Waals surface area contributed by atoms with Gasteiger partial charge in [-0.3, -0.25) is 14.4 Å². The lowest BCUT2D eigenvalue weighted by Crippen LogP contribution is -2.15. The predicted octanol–water partition coefficient (Wildman–Crippen LogP) is 1.12. The highest BCUT2D eigenvalue weighted by molar-refractivity contribution is 6.03. The smallest absolute Gasteiger partial charge is 0.291 e. The molecule has 0 spiro atoms. The summed E-state index contributed by atoms with van der Waals surface area (Å²) >= 11 is 0. The van der Waals surface area contributed by atoms with E-state index in [0.717, 1.165) is 10.9 Å². The van der Waals surface area contributed by atoms with E-state index < -0.39 is 11.8 Å². The van der Waals surface area contributed by atoms with Crippen LogP contribution in [0, 0.1) is 0 Å². The summed E-state index contributed by atoms with van der Waals surface area (Å²) in [6, 6.07) is 14.2. The van der Waals surface area contributed by atoms with E-state index in [2.05, 4.69) is 20.7 Å². The minimum atomic E-state index is -0.785. The Labute approximate surface area is 156 Å². The molecule has 0 unspecified atom stereocenters. The molecule has 2 aromatic carbocycles. The number of aromatic nitrogens is 4. The minimum absolute atomic E-state index is 0.100. The summed E-state index contributed by atoms with van der Waals surface area (Å²) in [5.41, 5.74) is 6.09. The van der Waals surface area contributed by atoms with Gasteiger partial charge in [-0.15, -0.1) is 15.0 Å². The molecule has 138 valence electrons. The number of anilines is 1. The average Bonchev–Trinajstić information content (AvgIpc) is 3.19. The summed E-state index contributed by atoms with van der Waals surface area (Å²) < 4.78 is 5.51. The molecule has 0 saturated heterocycles. The van der Waals surface area contributed by atoms with E-state index in [1.165, 1.54) is 0 Å². The molecule has 0 aliphatic carbocycles. The van der Waals surface area contributed by atoms with Crippen molar-refractivity contribution in [3.63, 3.8) is 0 Å². The lowest BCUT2D eigenvalue weighted by atomic mass is 10.2. The second-order valence-electron chi connectivity index (χ2n) is 5.74. The van der Waals surface area contributed by atoms with Gasteiger partial charge in [0, 0.05) is 11.8 Å². The van der Waals surface area contributed by atoms with E-state index in [1.54, 1.807) is 48.5 Å². The van der Waals surface area contributed by atoms with Gasteiger partial charge in [-0.2, -0.15) is 0 Å². The zero-order chi connectivity index (χ0) is 19.7. The van der Waals surface area contributed by atoms with E-state index in [9.17, 15) is 14.4 Å². The van der Waals surface area contributed by atoms with Crippen molar-refractivity contribution >= 4 is 28.5 Å². The number of nitrogens with zero attached hydrogens (tertiary/aromatic N) is 4. The first-order valence-electron chi connectivity index (χ1n) is 8.06. The van der Waals surface area contributed by atoms with E-state index in [0.29, 0.717) is 22.3 Å². The number of nitrogens with one attached hydrogen (secondary N) is 1. The number of benzene rings is 2. The Bertz CT molecular complexity index is 1260. The molecular formula is C18H12N6O4. The fourth-order valence-corrected chi connectivity index (χ4v) is 2.51. The van der Waals surface area contributed by atoms with Crippen LogP contribution >= 0.6 is 0 Å². The van der Waals surface area contributed by atoms with Crippen molar-refractivity contribution in [2.45, 2.75) is 0 Å². The van der Waals surface area contributed by atoms with Crippen molar-refractivity contribution in [1.82, 2.24) is 20.2 Å². The second kappa shape index (κ2) is 6.76. The maximum Gasteiger partial charge on any atom is 0.291 e. The third-order valence-electron chi connectivity index (χ3n) is 3.85. The Kier molecular flexibility index (Phi) is 4.13. The molecule has 0 radical (unpaired) electrons. The number of primary amides is 1. The van der Waals surface area contributed by atoms with Gasteiger partial charge in [-0.25, -0.2) is 0 Å². The van der Waals surface area contributed by atoms with Gasteiger partial charge in [0.15, 0.2) is 11.2 Å². The molecule has 0 aliphatic heterocycles. The molecular weight excluding hydrogens is 364 g/mol. The number of tetrazole rings is 1. The quantitative estimate of drug-likeness (QED) is 0.542. The number of hydrogen-bond acceptors (Lipinski definition) is 7. The number of hydrogen-bond donors (Lipinski definition) is 2. The number of amides is 2. The van der Waals surface area contributed by atoms with Crippen LogP contribution in [0.25, 0.3) is 16.7 Å². The Hall–Kier alpha value is -4.34. The van der Waals surface area contributed by atoms with Crippen LogP contribution in [0.2, 0.25) is 0 Å². The second-order valence-corrected chi connectivity index (χ2v) is 5.74. The monoisotopic (exact) mass is 376 g/mol. The first-order valence-corrected chi connectivity index (χ1v) is 8.06. The van der Waals surface area contributed by atoms with Crippen LogP contribution < -0.4 is 16.5 Å². The predicted molar refractivity (Wildman–Crippen MR) is 98.1 cm³/mol. The third kappa shape index (κ3) is 3.21. The molecule has 0 bridgehead atoms. The molecule has 4 rings (SSSR count). The molecule has 10 heteroatoms. The zero-order valence-electron chi connectivity index (χ0n) is 14.2. The maximum absolute atomic E-state index is 12.4. The van der Waals surface area contributed by atoms with Crippen molar-refractivity contribution in [1.29, 1.82) is 0 Å². The summed E-state index contributed by atoms with van der Waals surface area (Å²) in [6.07, 6.45) is 0. The number of fused-ring (bicyclic) bond motifs is 1. The summed E-state index contributed by atoms with van der Waals surface area (Å²) in [6.45, 7) is 0. The molecule has 2 amide bonds. The summed E-state index contributed by atoms with van der Waals surface area (Å²) in [5, 5.41) is 14.1. The molecule has 10 nitrogen and oxygen atoms in total. The summed E-state index contributed by atoms with van der Waals surface area (Å²) in [5.74, 6) is -1.65. The largest absolute Gasteiger partial charge is 0.451 e. The van der Waals surface area contributed by atoms with E-state index in [4.69, 9.17) is 10.2 Å². The van der Waals surface area contributed by atoms with Crippen LogP contribution in [0.1, 0.15) is 21.2 Å². The number of carbonyl (C=O) groups is 2. The van der Waals surface area contributed by atoms with E-state index in [1.807, 2.05) is 0 Å². The van der Waals surface area contributed by atoms with Gasteiger partial charge < -0.3 is 15.5 Å². The average molecular weight is 376 g/mol. The summed E-state index contributed by atoms with van der Waals surface area (Å²) in [7, 11) is 0. The van der Waals surface area contributed by atoms with Gasteiger partial charge in [0.05, 0.1) is 11.1 Å². The van der Waals surface area contributed by atoms with Crippen molar-refractivity contribution in [2.24, 2.45) is 5.73 Å². The van der Waals surface area contributed by atoms with E-state index in [-0.39, 0.29) is 17.0 Å². The van der Waals surface area contributed by atoms with Crippen LogP contribution in [-0.4, -0.2) is 32.0 Å². The highest BCUT2D eigenvalue weighted by atomic mass is 16.3. The number of para-hydroxylation sites is 1. The third-order valence-corrected chi connectivity index (χ3v) is 3.85. The molecule has 4 aromatic rings. The molecule has 28 heavy (non-hydrogen) atoms. The highest BCUT2D eigenvalue weighted by Crippen LogP contribution is 2.15. The summed E-state index contributed by atoms with van der Waals surface area (Å²) in [4.78, 5) is 36.7. The Morgan fingerprint density at radius 2 is 1.82 bits per heavy atom. The van der Waals surface area contributed by atoms with Crippen LogP contribution in [0.3, 0.4) is 0 Å². The van der Waals surface area contributed by atoms with E-state index >= 15 is 0 Å². The van der Waals surface area contributed by atoms with Crippen LogP contribution in [0.5, 0.6) is 0 Å². The molecule has 0 aliphatic rings. The Balaban J connectivity index is 1.55. The fourth-order valence-electron chi connectivity index (χ4n) is 2.51. The van der Waals surface area contributed by atoms with Crippen LogP contribution in [0.4, 0.5) is 5.69 Å². The van der Waals surface area contributed by atoms with Gasteiger partial charge in [-0.1, -0.05) is 12.1 Å². The lowest BCUT2D eigenvalue weighted by Gasteiger charge is -2.06. The molecule has 0 atom stereocenters. The van der Waals surface area contributed by atoms with Crippen molar-refractivity contribution < 1.29 is 14.0 Å². The van der Waals surface area contributed by atoms with Crippen molar-refractivity contribution in [3.8, 4) is 5.69 Å². The Morgan fingerprint density at radius 3 is 2.54 bits per heavy atom. The van der Waals surface area contributed by atoms with Gasteiger partial charge in [-0.05, 0) is 41.6 Å². The van der Waals surface area contributed by atoms with Crippen molar-refractivity contribution in [2.75, 3.05) is 5.32 Å². The molecule has 0 fully saturated rings.